The maximum atomic E-state index is 11.5. The minimum absolute atomic E-state index is 0.0708. The van der Waals surface area contributed by atoms with Crippen LogP contribution in [0.4, 0.5) is 0 Å². The van der Waals surface area contributed by atoms with Crippen LogP contribution < -0.4 is 0 Å². The molecule has 0 saturated carbocycles. The first-order valence-corrected chi connectivity index (χ1v) is 12.6. The van der Waals surface area contributed by atoms with Crippen molar-refractivity contribution in [1.82, 2.24) is 0 Å². The van der Waals surface area contributed by atoms with Gasteiger partial charge in [-0.15, -0.1) is 0 Å². The summed E-state index contributed by atoms with van der Waals surface area (Å²) in [5.74, 6) is -0.384. The Balaban J connectivity index is 3.63. The molecule has 0 aliphatic rings. The van der Waals surface area contributed by atoms with E-state index in [1.165, 1.54) is 0 Å². The maximum absolute atomic E-state index is 11.5. The first kappa shape index (κ1) is 35.8. The molecular formula is C23H44N6O9. The summed E-state index contributed by atoms with van der Waals surface area (Å²) in [6.07, 6.45) is 0.659. The van der Waals surface area contributed by atoms with Crippen molar-refractivity contribution in [1.29, 1.82) is 0 Å². The fraction of sp³-hybridized carbons (Fsp3) is 0.957. The van der Waals surface area contributed by atoms with Gasteiger partial charge >= 0.3 is 5.97 Å². The van der Waals surface area contributed by atoms with E-state index < -0.39 is 11.1 Å². The molecule has 0 fully saturated rings. The van der Waals surface area contributed by atoms with Crippen LogP contribution in [0.25, 0.3) is 20.9 Å². The predicted molar refractivity (Wildman–Crippen MR) is 138 cm³/mol. The molecule has 1 unspecified atom stereocenters. The lowest BCUT2D eigenvalue weighted by molar-refractivity contribution is -0.160. The van der Waals surface area contributed by atoms with E-state index in [-0.39, 0.29) is 32.3 Å². The van der Waals surface area contributed by atoms with Gasteiger partial charge in [0, 0.05) is 29.6 Å². The quantitative estimate of drug-likeness (QED) is 0.0513. The highest BCUT2D eigenvalue weighted by Gasteiger charge is 2.23. The highest BCUT2D eigenvalue weighted by molar-refractivity contribution is 5.71. The summed E-state index contributed by atoms with van der Waals surface area (Å²) in [5, 5.41) is 7.15. The van der Waals surface area contributed by atoms with Crippen LogP contribution in [0.15, 0.2) is 10.2 Å². The number of hydrogen-bond donors (Lipinski definition) is 0. The van der Waals surface area contributed by atoms with Crippen molar-refractivity contribution in [2.24, 2.45) is 10.2 Å². The molecule has 0 bridgehead atoms. The number of hydrogen-bond acceptors (Lipinski definition) is 11. The first-order chi connectivity index (χ1) is 18.2. The van der Waals surface area contributed by atoms with Crippen LogP contribution in [0, 0.1) is 0 Å². The van der Waals surface area contributed by atoms with Crippen molar-refractivity contribution >= 4 is 5.97 Å². The van der Waals surface area contributed by atoms with E-state index in [0.717, 1.165) is 0 Å². The van der Waals surface area contributed by atoms with Crippen LogP contribution >= 0.6 is 0 Å². The van der Waals surface area contributed by atoms with Gasteiger partial charge in [-0.25, -0.2) is 4.79 Å². The molecule has 0 heterocycles. The smallest absolute Gasteiger partial charge is 0.332 e. The van der Waals surface area contributed by atoms with Crippen LogP contribution in [0.1, 0.15) is 34.1 Å². The molecule has 1 atom stereocenters. The second-order valence-corrected chi connectivity index (χ2v) is 9.19. The fourth-order valence-corrected chi connectivity index (χ4v) is 2.61. The molecule has 0 radical (unpaired) electrons. The van der Waals surface area contributed by atoms with Gasteiger partial charge in [0.1, 0.15) is 12.2 Å². The zero-order chi connectivity index (χ0) is 28.4. The highest BCUT2D eigenvalue weighted by atomic mass is 16.6. The maximum Gasteiger partial charge on any atom is 0.332 e. The third kappa shape index (κ3) is 25.5. The van der Waals surface area contributed by atoms with E-state index in [0.29, 0.717) is 79.1 Å². The summed E-state index contributed by atoms with van der Waals surface area (Å²) in [6.45, 7) is 12.0. The van der Waals surface area contributed by atoms with Gasteiger partial charge in [0.15, 0.2) is 0 Å². The molecule has 0 aliphatic carbocycles. The minimum Gasteiger partial charge on any atom is -0.458 e. The van der Waals surface area contributed by atoms with E-state index in [2.05, 4.69) is 20.1 Å². The monoisotopic (exact) mass is 548 g/mol. The Morgan fingerprint density at radius 3 is 1.63 bits per heavy atom. The minimum atomic E-state index is -0.853. The van der Waals surface area contributed by atoms with E-state index in [1.54, 1.807) is 6.92 Å². The van der Waals surface area contributed by atoms with Crippen molar-refractivity contribution in [3.05, 3.63) is 20.9 Å². The standard InChI is InChI=1S/C23H44N6O9/c1-22(2,3)38-21(30)18-35-8-5-7-31-10-12-33-14-16-36-19-23(4,27-29-25)20-37-17-15-34-13-11-32-9-6-26-28-24/h5-20H2,1-4H3. The molecule has 0 amide bonds. The van der Waals surface area contributed by atoms with Crippen molar-refractivity contribution in [3.63, 3.8) is 0 Å². The molecule has 0 spiro atoms. The SMILES string of the molecule is CC(COCCOCCOCCCOCC(=O)OC(C)(C)C)(COCCOCCOCCN=[N+]=[N-])N=[N+]=[N-]. The topological polar surface area (TPSA) is 188 Å². The molecule has 38 heavy (non-hydrogen) atoms. The second-order valence-electron chi connectivity index (χ2n) is 9.19. The average Bonchev–Trinajstić information content (AvgIpc) is 2.84. The van der Waals surface area contributed by atoms with E-state index in [1.807, 2.05) is 20.8 Å². The number of nitrogens with zero attached hydrogens (tertiary/aromatic N) is 6. The van der Waals surface area contributed by atoms with E-state index in [4.69, 9.17) is 49.0 Å². The van der Waals surface area contributed by atoms with Gasteiger partial charge < -0.3 is 37.9 Å². The van der Waals surface area contributed by atoms with E-state index >= 15 is 0 Å². The molecule has 15 nitrogen and oxygen atoms in total. The van der Waals surface area contributed by atoms with Crippen molar-refractivity contribution < 1.29 is 42.7 Å². The van der Waals surface area contributed by atoms with Crippen LogP contribution in [-0.4, -0.2) is 116 Å². The van der Waals surface area contributed by atoms with E-state index in [9.17, 15) is 4.79 Å². The number of carbonyl (C=O) groups is 1. The Morgan fingerprint density at radius 1 is 0.658 bits per heavy atom. The Hall–Kier alpha value is -2.19. The van der Waals surface area contributed by atoms with Crippen molar-refractivity contribution in [2.45, 2.75) is 45.3 Å². The number of ether oxygens (including phenoxy) is 8. The molecule has 0 rings (SSSR count). The Morgan fingerprint density at radius 2 is 1.13 bits per heavy atom. The Kier molecular flexibility index (Phi) is 22.5. The predicted octanol–water partition coefficient (Wildman–Crippen LogP) is 3.21. The summed E-state index contributed by atoms with van der Waals surface area (Å²) in [5.41, 5.74) is 15.6. The summed E-state index contributed by atoms with van der Waals surface area (Å²) < 4.78 is 43.1. The third-order valence-electron chi connectivity index (χ3n) is 4.22. The van der Waals surface area contributed by atoms with Crippen LogP contribution in [-0.2, 0) is 42.7 Å². The normalized spacial score (nSPS) is 12.8. The number of esters is 1. The molecule has 0 aromatic carbocycles. The van der Waals surface area contributed by atoms with Gasteiger partial charge in [-0.3, -0.25) is 0 Å². The summed E-state index contributed by atoms with van der Waals surface area (Å²) >= 11 is 0. The first-order valence-electron chi connectivity index (χ1n) is 12.6. The van der Waals surface area contributed by atoms with Gasteiger partial charge in [-0.05, 0) is 45.2 Å². The lowest BCUT2D eigenvalue weighted by Crippen LogP contribution is -2.35. The van der Waals surface area contributed by atoms with Crippen LogP contribution in [0.3, 0.4) is 0 Å². The zero-order valence-electron chi connectivity index (χ0n) is 23.2. The third-order valence-corrected chi connectivity index (χ3v) is 4.22. The summed E-state index contributed by atoms with van der Waals surface area (Å²) in [4.78, 5) is 17.0. The van der Waals surface area contributed by atoms with Gasteiger partial charge in [0.2, 0.25) is 0 Å². The van der Waals surface area contributed by atoms with Crippen LogP contribution in [0.2, 0.25) is 0 Å². The molecule has 220 valence electrons. The zero-order valence-corrected chi connectivity index (χ0v) is 23.2. The van der Waals surface area contributed by atoms with Crippen LogP contribution in [0.5, 0.6) is 0 Å². The van der Waals surface area contributed by atoms with Gasteiger partial charge in [-0.1, -0.05) is 10.2 Å². The molecule has 0 aromatic heterocycles. The number of azide groups is 2. The Labute approximate surface area is 224 Å². The molecule has 0 saturated heterocycles. The molecule has 0 aliphatic heterocycles. The summed E-state index contributed by atoms with van der Waals surface area (Å²) in [7, 11) is 0. The summed E-state index contributed by atoms with van der Waals surface area (Å²) in [6, 6.07) is 0. The van der Waals surface area contributed by atoms with Crippen molar-refractivity contribution in [2.75, 3.05) is 99.0 Å². The molecule has 15 heteroatoms. The second kappa shape index (κ2) is 23.9. The Bertz CT molecular complexity index is 697. The van der Waals surface area contributed by atoms with Gasteiger partial charge in [-0.2, -0.15) is 0 Å². The molecular weight excluding hydrogens is 504 g/mol. The highest BCUT2D eigenvalue weighted by Crippen LogP contribution is 2.12. The average molecular weight is 549 g/mol. The number of carbonyl (C=O) groups excluding carboxylic acids is 1. The largest absolute Gasteiger partial charge is 0.458 e. The fourth-order valence-electron chi connectivity index (χ4n) is 2.61. The van der Waals surface area contributed by atoms with Gasteiger partial charge in [0.25, 0.3) is 0 Å². The number of rotatable bonds is 26. The molecule has 0 N–H and O–H groups in total. The van der Waals surface area contributed by atoms with Crippen molar-refractivity contribution in [3.8, 4) is 0 Å². The lowest BCUT2D eigenvalue weighted by Gasteiger charge is -2.23. The molecule has 0 aromatic rings. The lowest BCUT2D eigenvalue weighted by atomic mass is 10.1. The van der Waals surface area contributed by atoms with Gasteiger partial charge in [0.05, 0.1) is 78.2 Å².